The Labute approximate surface area is 119 Å². The van der Waals surface area contributed by atoms with E-state index in [1.165, 1.54) is 0 Å². The lowest BCUT2D eigenvalue weighted by Crippen LogP contribution is -2.33. The molecule has 1 rings (SSSR count). The summed E-state index contributed by atoms with van der Waals surface area (Å²) < 4.78 is 5.11. The predicted molar refractivity (Wildman–Crippen MR) is 79.7 cm³/mol. The van der Waals surface area contributed by atoms with Crippen molar-refractivity contribution < 1.29 is 9.53 Å². The van der Waals surface area contributed by atoms with E-state index in [4.69, 9.17) is 4.74 Å². The summed E-state index contributed by atoms with van der Waals surface area (Å²) in [6.07, 6.45) is 0.315. The molecule has 0 bridgehead atoms. The molecular formula is C15H21N3O2. The number of hydrogen-bond acceptors (Lipinski definition) is 4. The minimum Gasteiger partial charge on any atom is -0.444 e. The normalized spacial score (nSPS) is 10.3. The number of carbonyl (C=O) groups is 1. The van der Waals surface area contributed by atoms with Crippen LogP contribution in [-0.2, 0) is 4.74 Å². The van der Waals surface area contributed by atoms with Gasteiger partial charge in [-0.15, -0.1) is 0 Å². The third-order valence-corrected chi connectivity index (χ3v) is 2.12. The Kier molecular flexibility index (Phi) is 6.47. The topological polar surface area (TPSA) is 63.0 Å². The Morgan fingerprint density at radius 2 is 2.00 bits per heavy atom. The van der Waals surface area contributed by atoms with Crippen LogP contribution in [0.25, 0.3) is 0 Å². The molecule has 0 heterocycles. The van der Waals surface area contributed by atoms with Gasteiger partial charge in [0.05, 0.1) is 18.2 Å². The molecule has 0 spiro atoms. The van der Waals surface area contributed by atoms with Crippen molar-refractivity contribution in [3.63, 3.8) is 0 Å². The number of carbonyl (C=O) groups excluding carboxylic acids is 1. The lowest BCUT2D eigenvalue weighted by molar-refractivity contribution is 0.0527. The minimum atomic E-state index is -0.468. The molecule has 5 heteroatoms. The van der Waals surface area contributed by atoms with E-state index in [9.17, 15) is 4.79 Å². The van der Waals surface area contributed by atoms with Gasteiger partial charge in [-0.25, -0.2) is 9.79 Å². The number of benzene rings is 1. The van der Waals surface area contributed by atoms with E-state index in [0.717, 1.165) is 12.1 Å². The highest BCUT2D eigenvalue weighted by molar-refractivity contribution is 5.67. The van der Waals surface area contributed by atoms with Gasteiger partial charge in [0.1, 0.15) is 5.60 Å². The Bertz CT molecular complexity index is 472. The maximum atomic E-state index is 11.3. The third kappa shape index (κ3) is 8.06. The molecule has 1 N–H and O–H groups in total. The van der Waals surface area contributed by atoms with E-state index in [1.54, 1.807) is 0 Å². The van der Waals surface area contributed by atoms with E-state index in [-0.39, 0.29) is 0 Å². The Morgan fingerprint density at radius 3 is 2.65 bits per heavy atom. The van der Waals surface area contributed by atoms with Crippen LogP contribution in [0.4, 0.5) is 10.5 Å². The zero-order chi connectivity index (χ0) is 14.8. The van der Waals surface area contributed by atoms with Crippen LogP contribution in [0.2, 0.25) is 0 Å². The Balaban J connectivity index is 2.16. The zero-order valence-corrected chi connectivity index (χ0v) is 12.2. The average molecular weight is 275 g/mol. The van der Waals surface area contributed by atoms with Crippen LogP contribution in [-0.4, -0.2) is 30.8 Å². The van der Waals surface area contributed by atoms with E-state index in [0.29, 0.717) is 13.1 Å². The maximum Gasteiger partial charge on any atom is 0.407 e. The number of nitrogens with one attached hydrogen (secondary N) is 1. The molecule has 0 radical (unpaired) electrons. The maximum absolute atomic E-state index is 11.3. The molecule has 0 fully saturated rings. The molecule has 0 atom stereocenters. The van der Waals surface area contributed by atoms with Gasteiger partial charge in [-0.2, -0.15) is 4.99 Å². The molecular weight excluding hydrogens is 254 g/mol. The van der Waals surface area contributed by atoms with Crippen molar-refractivity contribution in [1.82, 2.24) is 5.32 Å². The van der Waals surface area contributed by atoms with Crippen LogP contribution in [0.3, 0.4) is 0 Å². The second kappa shape index (κ2) is 8.12. The Hall–Kier alpha value is -2.13. The first-order valence-corrected chi connectivity index (χ1v) is 6.61. The molecule has 0 aliphatic heterocycles. The summed E-state index contributed by atoms with van der Waals surface area (Å²) in [6, 6.07) is 12.1. The van der Waals surface area contributed by atoms with Crippen molar-refractivity contribution in [2.45, 2.75) is 32.8 Å². The molecule has 1 aromatic rings. The summed E-state index contributed by atoms with van der Waals surface area (Å²) in [5, 5.41) is 2.67. The van der Waals surface area contributed by atoms with Crippen LogP contribution in [0.5, 0.6) is 0 Å². The molecule has 20 heavy (non-hydrogen) atoms. The van der Waals surface area contributed by atoms with Crippen molar-refractivity contribution in [2.75, 3.05) is 13.1 Å². The van der Waals surface area contributed by atoms with Crippen LogP contribution in [0, 0.1) is 0 Å². The fourth-order valence-electron chi connectivity index (χ4n) is 1.31. The molecule has 0 saturated carbocycles. The summed E-state index contributed by atoms with van der Waals surface area (Å²) in [4.78, 5) is 19.4. The highest BCUT2D eigenvalue weighted by atomic mass is 16.6. The molecule has 5 nitrogen and oxygen atoms in total. The van der Waals surface area contributed by atoms with Crippen molar-refractivity contribution in [3.8, 4) is 0 Å². The largest absolute Gasteiger partial charge is 0.444 e. The van der Waals surface area contributed by atoms with E-state index < -0.39 is 11.7 Å². The molecule has 0 aliphatic carbocycles. The number of alkyl carbamates (subject to hydrolysis) is 1. The molecule has 1 aromatic carbocycles. The van der Waals surface area contributed by atoms with Crippen LogP contribution in [0.15, 0.2) is 40.3 Å². The number of nitrogens with zero attached hydrogens (tertiary/aromatic N) is 2. The summed E-state index contributed by atoms with van der Waals surface area (Å²) >= 11 is 0. The first-order chi connectivity index (χ1) is 9.47. The second-order valence-electron chi connectivity index (χ2n) is 5.21. The molecule has 0 aliphatic rings. The van der Waals surface area contributed by atoms with Gasteiger partial charge in [-0.1, -0.05) is 18.2 Å². The van der Waals surface area contributed by atoms with Crippen molar-refractivity contribution in [1.29, 1.82) is 0 Å². The van der Waals surface area contributed by atoms with E-state index in [2.05, 4.69) is 21.3 Å². The van der Waals surface area contributed by atoms with Crippen molar-refractivity contribution >= 4 is 17.8 Å². The highest BCUT2D eigenvalue weighted by Crippen LogP contribution is 2.07. The van der Waals surface area contributed by atoms with Gasteiger partial charge in [-0.05, 0) is 39.3 Å². The van der Waals surface area contributed by atoms with Crippen molar-refractivity contribution in [3.05, 3.63) is 30.3 Å². The summed E-state index contributed by atoms with van der Waals surface area (Å²) in [6.45, 7) is 6.57. The van der Waals surface area contributed by atoms with E-state index >= 15 is 0 Å². The van der Waals surface area contributed by atoms with Gasteiger partial charge in [0.15, 0.2) is 0 Å². The van der Waals surface area contributed by atoms with Crippen LogP contribution in [0.1, 0.15) is 27.2 Å². The third-order valence-electron chi connectivity index (χ3n) is 2.12. The number of ether oxygens (including phenoxy) is 1. The van der Waals surface area contributed by atoms with Crippen molar-refractivity contribution in [2.24, 2.45) is 9.98 Å². The number of para-hydroxylation sites is 1. The molecule has 108 valence electrons. The number of aliphatic imine (C=N–C) groups is 2. The van der Waals surface area contributed by atoms with Gasteiger partial charge in [-0.3, -0.25) is 0 Å². The monoisotopic (exact) mass is 275 g/mol. The SMILES string of the molecule is CC(C)(C)OC(=O)NCCCN=C=Nc1ccccc1. The zero-order valence-electron chi connectivity index (χ0n) is 12.2. The van der Waals surface area contributed by atoms with Gasteiger partial charge in [0.2, 0.25) is 0 Å². The minimum absolute atomic E-state index is 0.403. The predicted octanol–water partition coefficient (Wildman–Crippen LogP) is 3.41. The summed E-state index contributed by atoms with van der Waals surface area (Å²) in [5.74, 6) is 0. The molecule has 1 amide bonds. The highest BCUT2D eigenvalue weighted by Gasteiger charge is 2.15. The van der Waals surface area contributed by atoms with Crippen LogP contribution >= 0.6 is 0 Å². The smallest absolute Gasteiger partial charge is 0.407 e. The van der Waals surface area contributed by atoms with Gasteiger partial charge in [0, 0.05) is 6.54 Å². The number of amides is 1. The first-order valence-electron chi connectivity index (χ1n) is 6.61. The second-order valence-corrected chi connectivity index (χ2v) is 5.21. The quantitative estimate of drug-likeness (QED) is 0.661. The Morgan fingerprint density at radius 1 is 1.30 bits per heavy atom. The lowest BCUT2D eigenvalue weighted by Gasteiger charge is -2.19. The van der Waals surface area contributed by atoms with Gasteiger partial charge in [0.25, 0.3) is 0 Å². The fourth-order valence-corrected chi connectivity index (χ4v) is 1.31. The summed E-state index contributed by atoms with van der Waals surface area (Å²) in [5.41, 5.74) is 0.355. The number of hydrogen-bond donors (Lipinski definition) is 1. The van der Waals surface area contributed by atoms with Gasteiger partial charge >= 0.3 is 6.09 Å². The first kappa shape index (κ1) is 15.9. The number of rotatable bonds is 5. The average Bonchev–Trinajstić information content (AvgIpc) is 2.37. The lowest BCUT2D eigenvalue weighted by atomic mass is 10.2. The standard InChI is InChI=1S/C15H21N3O2/c1-15(2,3)20-14(19)17-11-7-10-16-12-18-13-8-5-4-6-9-13/h4-6,8-9H,7,10-11H2,1-3H3,(H,17,19). The fraction of sp³-hybridized carbons (Fsp3) is 0.467. The van der Waals surface area contributed by atoms with Gasteiger partial charge < -0.3 is 10.1 Å². The van der Waals surface area contributed by atoms with Crippen LogP contribution < -0.4 is 5.32 Å². The van der Waals surface area contributed by atoms with E-state index in [1.807, 2.05) is 51.1 Å². The molecule has 0 aromatic heterocycles. The molecule has 0 saturated heterocycles. The summed E-state index contributed by atoms with van der Waals surface area (Å²) in [7, 11) is 0. The molecule has 0 unspecified atom stereocenters.